The molecule has 132 valence electrons. The van der Waals surface area contributed by atoms with E-state index in [0.717, 1.165) is 21.4 Å². The maximum absolute atomic E-state index is 12.2. The summed E-state index contributed by atoms with van der Waals surface area (Å²) in [6, 6.07) is 14.4. The Morgan fingerprint density at radius 1 is 1.08 bits per heavy atom. The molecule has 0 aliphatic rings. The summed E-state index contributed by atoms with van der Waals surface area (Å²) < 4.78 is 1.04. The molecule has 2 aromatic carbocycles. The molecule has 26 heavy (non-hydrogen) atoms. The lowest BCUT2D eigenvalue weighted by Crippen LogP contribution is -2.31. The van der Waals surface area contributed by atoms with Gasteiger partial charge in [0.05, 0.1) is 17.6 Å². The SMILES string of the molecule is Cc1ccc(-n2c(O)c(/C=N\Nc3ccccc3)c(=O)[nH]c2=O)cc1C. The third-order valence-electron chi connectivity index (χ3n) is 4.03. The Hall–Kier alpha value is -3.61. The van der Waals surface area contributed by atoms with Crippen LogP contribution >= 0.6 is 0 Å². The first-order valence-corrected chi connectivity index (χ1v) is 7.97. The number of aryl methyl sites for hydroxylation is 2. The van der Waals surface area contributed by atoms with E-state index in [9.17, 15) is 14.7 Å². The van der Waals surface area contributed by atoms with Crippen LogP contribution in [0.4, 0.5) is 5.69 Å². The third-order valence-corrected chi connectivity index (χ3v) is 4.03. The minimum atomic E-state index is -0.719. The van der Waals surface area contributed by atoms with Gasteiger partial charge in [-0.25, -0.2) is 9.36 Å². The first-order chi connectivity index (χ1) is 12.5. The average Bonchev–Trinajstić information content (AvgIpc) is 2.61. The van der Waals surface area contributed by atoms with Crippen molar-refractivity contribution in [1.82, 2.24) is 9.55 Å². The van der Waals surface area contributed by atoms with Gasteiger partial charge in [0.15, 0.2) is 0 Å². The van der Waals surface area contributed by atoms with Gasteiger partial charge in [-0.2, -0.15) is 5.10 Å². The Balaban J connectivity index is 2.03. The number of benzene rings is 2. The van der Waals surface area contributed by atoms with Crippen molar-refractivity contribution in [1.29, 1.82) is 0 Å². The highest BCUT2D eigenvalue weighted by molar-refractivity contribution is 5.82. The van der Waals surface area contributed by atoms with E-state index in [1.807, 2.05) is 38.1 Å². The third kappa shape index (κ3) is 3.41. The van der Waals surface area contributed by atoms with E-state index in [4.69, 9.17) is 0 Å². The van der Waals surface area contributed by atoms with Gasteiger partial charge in [0.2, 0.25) is 5.88 Å². The number of aromatic hydroxyl groups is 1. The summed E-state index contributed by atoms with van der Waals surface area (Å²) in [5.74, 6) is -0.472. The number of hydrogen-bond acceptors (Lipinski definition) is 5. The van der Waals surface area contributed by atoms with Crippen molar-refractivity contribution in [3.8, 4) is 11.6 Å². The lowest BCUT2D eigenvalue weighted by Gasteiger charge is -2.11. The van der Waals surface area contributed by atoms with Crippen LogP contribution < -0.4 is 16.7 Å². The Morgan fingerprint density at radius 2 is 1.81 bits per heavy atom. The number of hydrazone groups is 1. The number of para-hydroxylation sites is 1. The van der Waals surface area contributed by atoms with Crippen LogP contribution in [0.2, 0.25) is 0 Å². The fourth-order valence-electron chi connectivity index (χ4n) is 2.44. The monoisotopic (exact) mass is 350 g/mol. The molecule has 0 bridgehead atoms. The molecule has 0 unspecified atom stereocenters. The summed E-state index contributed by atoms with van der Waals surface area (Å²) >= 11 is 0. The molecule has 0 fully saturated rings. The van der Waals surface area contributed by atoms with Crippen LogP contribution in [-0.2, 0) is 0 Å². The number of nitrogens with one attached hydrogen (secondary N) is 2. The van der Waals surface area contributed by atoms with E-state index < -0.39 is 17.1 Å². The van der Waals surface area contributed by atoms with Crippen LogP contribution in [0.15, 0.2) is 63.2 Å². The van der Waals surface area contributed by atoms with E-state index in [2.05, 4.69) is 15.5 Å². The molecule has 7 nitrogen and oxygen atoms in total. The van der Waals surface area contributed by atoms with E-state index in [-0.39, 0.29) is 5.56 Å². The Kier molecular flexibility index (Phi) is 4.70. The molecule has 1 heterocycles. The smallest absolute Gasteiger partial charge is 0.335 e. The number of rotatable bonds is 4. The molecule has 3 N–H and O–H groups in total. The number of aromatic amines is 1. The zero-order valence-corrected chi connectivity index (χ0v) is 14.4. The second-order valence-electron chi connectivity index (χ2n) is 5.84. The molecule has 0 aliphatic heterocycles. The highest BCUT2D eigenvalue weighted by Gasteiger charge is 2.14. The molecule has 0 radical (unpaired) electrons. The molecule has 3 rings (SSSR count). The van der Waals surface area contributed by atoms with Crippen molar-refractivity contribution in [2.45, 2.75) is 13.8 Å². The topological polar surface area (TPSA) is 99.5 Å². The lowest BCUT2D eigenvalue weighted by atomic mass is 10.1. The van der Waals surface area contributed by atoms with Gasteiger partial charge in [-0.3, -0.25) is 15.2 Å². The largest absolute Gasteiger partial charge is 0.493 e. The molecule has 3 aromatic rings. The Labute approximate surface area is 149 Å². The number of hydrogen-bond donors (Lipinski definition) is 3. The van der Waals surface area contributed by atoms with Gasteiger partial charge in [0.1, 0.15) is 5.56 Å². The second kappa shape index (κ2) is 7.10. The summed E-state index contributed by atoms with van der Waals surface area (Å²) in [4.78, 5) is 26.5. The number of nitrogens with zero attached hydrogens (tertiary/aromatic N) is 2. The highest BCUT2D eigenvalue weighted by atomic mass is 16.3. The van der Waals surface area contributed by atoms with Gasteiger partial charge in [0.25, 0.3) is 5.56 Å². The van der Waals surface area contributed by atoms with Crippen LogP contribution in [0.5, 0.6) is 5.88 Å². The lowest BCUT2D eigenvalue weighted by molar-refractivity contribution is 0.430. The summed E-state index contributed by atoms with van der Waals surface area (Å²) in [5, 5.41) is 14.4. The minimum Gasteiger partial charge on any atom is -0.493 e. The number of anilines is 1. The van der Waals surface area contributed by atoms with Crippen molar-refractivity contribution in [2.24, 2.45) is 5.10 Å². The predicted octanol–water partition coefficient (Wildman–Crippen LogP) is 2.29. The molecule has 1 aromatic heterocycles. The van der Waals surface area contributed by atoms with E-state index >= 15 is 0 Å². The van der Waals surface area contributed by atoms with E-state index in [1.54, 1.807) is 24.3 Å². The van der Waals surface area contributed by atoms with Gasteiger partial charge in [0, 0.05) is 0 Å². The van der Waals surface area contributed by atoms with E-state index in [0.29, 0.717) is 5.69 Å². The number of H-pyrrole nitrogens is 1. The molecule has 0 atom stereocenters. The maximum atomic E-state index is 12.2. The minimum absolute atomic E-state index is 0.119. The normalized spacial score (nSPS) is 11.0. The molecular formula is C19H18N4O3. The van der Waals surface area contributed by atoms with Crippen LogP contribution in [0.3, 0.4) is 0 Å². The Morgan fingerprint density at radius 3 is 2.50 bits per heavy atom. The van der Waals surface area contributed by atoms with Gasteiger partial charge < -0.3 is 5.11 Å². The first kappa shape index (κ1) is 17.2. The molecule has 0 aliphatic carbocycles. The Bertz CT molecular complexity index is 1080. The summed E-state index contributed by atoms with van der Waals surface area (Å²) in [5.41, 5.74) is 4.40. The molecule has 0 amide bonds. The van der Waals surface area contributed by atoms with Crippen molar-refractivity contribution >= 4 is 11.9 Å². The van der Waals surface area contributed by atoms with Gasteiger partial charge in [-0.05, 0) is 49.2 Å². The fourth-order valence-corrected chi connectivity index (χ4v) is 2.44. The molecule has 7 heteroatoms. The zero-order valence-electron chi connectivity index (χ0n) is 14.4. The summed E-state index contributed by atoms with van der Waals surface area (Å²) in [7, 11) is 0. The van der Waals surface area contributed by atoms with Gasteiger partial charge in [-0.15, -0.1) is 0 Å². The van der Waals surface area contributed by atoms with Gasteiger partial charge in [-0.1, -0.05) is 24.3 Å². The van der Waals surface area contributed by atoms with Crippen LogP contribution in [0.25, 0.3) is 5.69 Å². The molecule has 0 saturated heterocycles. The van der Waals surface area contributed by atoms with Gasteiger partial charge >= 0.3 is 5.69 Å². The predicted molar refractivity (Wildman–Crippen MR) is 101 cm³/mol. The second-order valence-corrected chi connectivity index (χ2v) is 5.84. The number of aromatic nitrogens is 2. The summed E-state index contributed by atoms with van der Waals surface area (Å²) in [6.45, 7) is 3.85. The first-order valence-electron chi connectivity index (χ1n) is 7.97. The van der Waals surface area contributed by atoms with Crippen molar-refractivity contribution in [3.05, 3.63) is 86.1 Å². The highest BCUT2D eigenvalue weighted by Crippen LogP contribution is 2.18. The van der Waals surface area contributed by atoms with Crippen LogP contribution in [-0.4, -0.2) is 20.9 Å². The standard InChI is InChI=1S/C19H18N4O3/c1-12-8-9-15(10-13(12)2)23-18(25)16(17(24)21-19(23)26)11-20-22-14-6-4-3-5-7-14/h3-11,22,25H,1-2H3,(H,21,24,26)/b20-11-. The van der Waals surface area contributed by atoms with E-state index in [1.165, 1.54) is 6.21 Å². The molecule has 0 saturated carbocycles. The molecular weight excluding hydrogens is 332 g/mol. The van der Waals surface area contributed by atoms with Crippen molar-refractivity contribution in [3.63, 3.8) is 0 Å². The molecule has 0 spiro atoms. The van der Waals surface area contributed by atoms with Crippen LogP contribution in [0, 0.1) is 13.8 Å². The van der Waals surface area contributed by atoms with Crippen molar-refractivity contribution < 1.29 is 5.11 Å². The quantitative estimate of drug-likeness (QED) is 0.496. The van der Waals surface area contributed by atoms with Crippen LogP contribution in [0.1, 0.15) is 16.7 Å². The maximum Gasteiger partial charge on any atom is 0.335 e. The zero-order chi connectivity index (χ0) is 18.7. The summed E-state index contributed by atoms with van der Waals surface area (Å²) in [6.07, 6.45) is 1.18. The average molecular weight is 350 g/mol. The fraction of sp³-hybridized carbons (Fsp3) is 0.105. The van der Waals surface area contributed by atoms with Crippen molar-refractivity contribution in [2.75, 3.05) is 5.43 Å².